The molecule has 0 heterocycles. The molecular formula is C12H28O12Si. The SMILES string of the molecule is COC(C)OO[Si](OOC(C)OC)(OOC(C)OC)OOC(C)OC. The quantitative estimate of drug-likeness (QED) is 0.163. The molecule has 0 saturated carbocycles. The summed E-state index contributed by atoms with van der Waals surface area (Å²) in [5.41, 5.74) is 0. The van der Waals surface area contributed by atoms with E-state index in [-0.39, 0.29) is 0 Å². The van der Waals surface area contributed by atoms with E-state index in [1.807, 2.05) is 0 Å². The Morgan fingerprint density at radius 1 is 0.440 bits per heavy atom. The molecule has 0 aliphatic rings. The summed E-state index contributed by atoms with van der Waals surface area (Å²) in [7, 11) is 1.28. The van der Waals surface area contributed by atoms with Crippen molar-refractivity contribution in [2.45, 2.75) is 52.9 Å². The lowest BCUT2D eigenvalue weighted by Gasteiger charge is -2.26. The van der Waals surface area contributed by atoms with Crippen LogP contribution in [0.4, 0.5) is 0 Å². The molecule has 0 N–H and O–H groups in total. The zero-order valence-electron chi connectivity index (χ0n) is 15.7. The average Bonchev–Trinajstić information content (AvgIpc) is 2.65. The van der Waals surface area contributed by atoms with Gasteiger partial charge in [-0.25, -0.2) is 19.6 Å². The van der Waals surface area contributed by atoms with E-state index < -0.39 is 34.2 Å². The number of hydrogen-bond donors (Lipinski definition) is 0. The number of ether oxygens (including phenoxy) is 4. The average molecular weight is 392 g/mol. The van der Waals surface area contributed by atoms with E-state index in [0.29, 0.717) is 0 Å². The zero-order valence-corrected chi connectivity index (χ0v) is 16.7. The zero-order chi connectivity index (χ0) is 19.3. The molecule has 0 rings (SSSR count). The van der Waals surface area contributed by atoms with Gasteiger partial charge in [0.05, 0.1) is 0 Å². The maximum absolute atomic E-state index is 5.07. The van der Waals surface area contributed by atoms with Gasteiger partial charge in [-0.2, -0.15) is 18.3 Å². The van der Waals surface area contributed by atoms with Crippen LogP contribution in [0.5, 0.6) is 0 Å². The smallest absolute Gasteiger partial charge is 0.353 e. The topological polar surface area (TPSA) is 111 Å². The summed E-state index contributed by atoms with van der Waals surface area (Å²) in [6.07, 6.45) is -3.16. The standard InChI is InChI=1S/C12H28O12Si/c1-9(13-5)17-21-25(22-18-10(2)14-6,23-19-11(3)15-7)24-20-12(4)16-8/h9-12H,1-8H3. The van der Waals surface area contributed by atoms with Crippen LogP contribution in [0.15, 0.2) is 0 Å². The molecule has 0 spiro atoms. The van der Waals surface area contributed by atoms with Crippen molar-refractivity contribution in [1.82, 2.24) is 0 Å². The number of rotatable bonds is 16. The molecule has 0 aliphatic carbocycles. The third kappa shape index (κ3) is 11.1. The molecule has 0 aromatic heterocycles. The molecule has 0 amide bonds. The van der Waals surface area contributed by atoms with Gasteiger partial charge in [-0.15, -0.1) is 0 Å². The van der Waals surface area contributed by atoms with Crippen molar-refractivity contribution in [1.29, 1.82) is 0 Å². The van der Waals surface area contributed by atoms with Crippen molar-refractivity contribution in [3.63, 3.8) is 0 Å². The molecule has 0 radical (unpaired) electrons. The molecule has 13 heteroatoms. The van der Waals surface area contributed by atoms with E-state index in [1.165, 1.54) is 28.4 Å². The van der Waals surface area contributed by atoms with Gasteiger partial charge in [0, 0.05) is 28.4 Å². The maximum atomic E-state index is 5.07. The molecule has 0 aromatic carbocycles. The van der Waals surface area contributed by atoms with Crippen LogP contribution in [0.3, 0.4) is 0 Å². The molecule has 0 aliphatic heterocycles. The Morgan fingerprint density at radius 2 is 0.640 bits per heavy atom. The second-order valence-corrected chi connectivity index (χ2v) is 6.10. The van der Waals surface area contributed by atoms with Crippen molar-refractivity contribution in [2.75, 3.05) is 28.4 Å². The van der Waals surface area contributed by atoms with E-state index in [0.717, 1.165) is 0 Å². The Morgan fingerprint density at radius 3 is 0.800 bits per heavy atom. The van der Waals surface area contributed by atoms with Gasteiger partial charge >= 0.3 is 9.05 Å². The Kier molecular flexibility index (Phi) is 13.7. The summed E-state index contributed by atoms with van der Waals surface area (Å²) in [4.78, 5) is 19.8. The highest BCUT2D eigenvalue weighted by molar-refractivity contribution is 6.52. The summed E-state index contributed by atoms with van der Waals surface area (Å²) in [6.45, 7) is 6.20. The van der Waals surface area contributed by atoms with Gasteiger partial charge in [-0.1, -0.05) is 0 Å². The molecule has 25 heavy (non-hydrogen) atoms. The molecule has 4 unspecified atom stereocenters. The van der Waals surface area contributed by atoms with Gasteiger partial charge in [0.25, 0.3) is 0 Å². The summed E-state index contributed by atoms with van der Waals surface area (Å²) in [6, 6.07) is 0. The van der Waals surface area contributed by atoms with Crippen molar-refractivity contribution < 1.29 is 56.8 Å². The maximum Gasteiger partial charge on any atom is 0.793 e. The molecule has 12 nitrogen and oxygen atoms in total. The third-order valence-corrected chi connectivity index (χ3v) is 3.67. The fourth-order valence-corrected chi connectivity index (χ4v) is 1.93. The van der Waals surface area contributed by atoms with Crippen LogP contribution in [-0.2, 0) is 56.8 Å². The van der Waals surface area contributed by atoms with Crippen LogP contribution in [0.1, 0.15) is 27.7 Å². The summed E-state index contributed by atoms with van der Waals surface area (Å²) < 4.78 is 39.9. The van der Waals surface area contributed by atoms with Crippen LogP contribution in [0.2, 0.25) is 0 Å². The molecule has 4 atom stereocenters. The minimum absolute atomic E-state index is 0.790. The normalized spacial score (nSPS) is 19.2. The molecule has 0 aromatic rings. The fourth-order valence-electron chi connectivity index (χ4n) is 0.747. The highest BCUT2D eigenvalue weighted by atomic mass is 28.4. The molecular weight excluding hydrogens is 364 g/mol. The predicted molar refractivity (Wildman–Crippen MR) is 80.3 cm³/mol. The van der Waals surface area contributed by atoms with E-state index in [4.69, 9.17) is 56.8 Å². The largest absolute Gasteiger partial charge is 0.793 e. The molecule has 0 saturated heterocycles. The summed E-state index contributed by atoms with van der Waals surface area (Å²) in [5, 5.41) is 0. The Balaban J connectivity index is 5.11. The van der Waals surface area contributed by atoms with Crippen molar-refractivity contribution >= 4 is 9.05 Å². The fraction of sp³-hybridized carbons (Fsp3) is 1.00. The first-order valence-corrected chi connectivity index (χ1v) is 8.94. The second kappa shape index (κ2) is 13.9. The molecule has 152 valence electrons. The third-order valence-electron chi connectivity index (χ3n) is 2.47. The minimum Gasteiger partial charge on any atom is -0.353 e. The van der Waals surface area contributed by atoms with Gasteiger partial charge < -0.3 is 18.9 Å². The van der Waals surface area contributed by atoms with Gasteiger partial charge in [-0.05, 0) is 27.7 Å². The van der Waals surface area contributed by atoms with E-state index in [9.17, 15) is 0 Å². The second-order valence-electron chi connectivity index (χ2n) is 4.43. The van der Waals surface area contributed by atoms with Crippen molar-refractivity contribution in [2.24, 2.45) is 0 Å². The Bertz CT molecular complexity index is 261. The van der Waals surface area contributed by atoms with E-state index >= 15 is 0 Å². The summed E-state index contributed by atoms with van der Waals surface area (Å²) >= 11 is 0. The molecule has 0 bridgehead atoms. The minimum atomic E-state index is -4.32. The van der Waals surface area contributed by atoms with Crippen molar-refractivity contribution in [3.8, 4) is 0 Å². The first-order chi connectivity index (χ1) is 11.8. The van der Waals surface area contributed by atoms with Crippen LogP contribution in [0.25, 0.3) is 0 Å². The number of hydrogen-bond acceptors (Lipinski definition) is 12. The van der Waals surface area contributed by atoms with Crippen LogP contribution >= 0.6 is 0 Å². The molecule has 0 fully saturated rings. The van der Waals surface area contributed by atoms with Crippen LogP contribution < -0.4 is 0 Å². The van der Waals surface area contributed by atoms with Crippen LogP contribution in [-0.4, -0.2) is 62.6 Å². The van der Waals surface area contributed by atoms with E-state index in [2.05, 4.69) is 0 Å². The summed E-state index contributed by atoms with van der Waals surface area (Å²) in [5.74, 6) is 0. The van der Waals surface area contributed by atoms with Gasteiger partial charge in [-0.3, -0.25) is 0 Å². The first kappa shape index (κ1) is 24.7. The van der Waals surface area contributed by atoms with Crippen LogP contribution in [0, 0.1) is 0 Å². The first-order valence-electron chi connectivity index (χ1n) is 7.31. The predicted octanol–water partition coefficient (Wildman–Crippen LogP) is 1.18. The monoisotopic (exact) mass is 392 g/mol. The lowest BCUT2D eigenvalue weighted by molar-refractivity contribution is -0.479. The number of methoxy groups -OCH3 is 4. The Hall–Kier alpha value is -0.263. The van der Waals surface area contributed by atoms with Gasteiger partial charge in [0.2, 0.25) is 0 Å². The lowest BCUT2D eigenvalue weighted by Crippen LogP contribution is -2.51. The van der Waals surface area contributed by atoms with Gasteiger partial charge in [0.15, 0.2) is 25.2 Å². The van der Waals surface area contributed by atoms with Crippen molar-refractivity contribution in [3.05, 3.63) is 0 Å². The van der Waals surface area contributed by atoms with E-state index in [1.54, 1.807) is 27.7 Å². The van der Waals surface area contributed by atoms with Gasteiger partial charge in [0.1, 0.15) is 0 Å². The highest BCUT2D eigenvalue weighted by Crippen LogP contribution is 2.18. The Labute approximate surface area is 148 Å². The highest BCUT2D eigenvalue weighted by Gasteiger charge is 2.56. The lowest BCUT2D eigenvalue weighted by atomic mass is 10.8.